The Kier molecular flexibility index (Phi) is 7.13. The first-order valence-corrected chi connectivity index (χ1v) is 7.43. The van der Waals surface area contributed by atoms with Gasteiger partial charge in [0, 0.05) is 25.9 Å². The molecule has 2 atom stereocenters. The van der Waals surface area contributed by atoms with Crippen molar-refractivity contribution >= 4 is 18.3 Å². The van der Waals surface area contributed by atoms with Crippen LogP contribution in [0, 0.1) is 6.92 Å². The largest absolute Gasteiger partial charge is 0.490 e. The molecule has 3 N–H and O–H groups in total. The van der Waals surface area contributed by atoms with Gasteiger partial charge in [-0.25, -0.2) is 0 Å². The van der Waals surface area contributed by atoms with Crippen LogP contribution in [-0.4, -0.2) is 47.3 Å². The summed E-state index contributed by atoms with van der Waals surface area (Å²) in [7, 11) is 0. The normalized spacial score (nSPS) is 18.3. The lowest BCUT2D eigenvalue weighted by atomic mass is 10.1. The van der Waals surface area contributed by atoms with Gasteiger partial charge in [-0.15, -0.1) is 12.4 Å². The standard InChI is InChI=1S/C16H24N2O3.ClH/c1-11-5-3-4-6-14(11)21-13-7-9-18(10-8-13)16(20)15(17)12(2)19;/h3-6,12-13,15,19H,7-10,17H2,1-2H3;1H/t12-,15+;/m1./s1. The van der Waals surface area contributed by atoms with E-state index in [1.165, 1.54) is 6.92 Å². The molecule has 124 valence electrons. The average Bonchev–Trinajstić information content (AvgIpc) is 2.49. The van der Waals surface area contributed by atoms with Gasteiger partial charge >= 0.3 is 0 Å². The molecule has 22 heavy (non-hydrogen) atoms. The summed E-state index contributed by atoms with van der Waals surface area (Å²) in [5, 5.41) is 9.40. The highest BCUT2D eigenvalue weighted by Crippen LogP contribution is 2.22. The van der Waals surface area contributed by atoms with Gasteiger partial charge in [0.2, 0.25) is 5.91 Å². The smallest absolute Gasteiger partial charge is 0.242 e. The van der Waals surface area contributed by atoms with Crippen LogP contribution in [0.5, 0.6) is 5.75 Å². The van der Waals surface area contributed by atoms with Crippen LogP contribution in [0.2, 0.25) is 0 Å². The minimum Gasteiger partial charge on any atom is -0.490 e. The van der Waals surface area contributed by atoms with Crippen LogP contribution in [0.1, 0.15) is 25.3 Å². The number of aliphatic hydroxyl groups excluding tert-OH is 1. The predicted octanol–water partition coefficient (Wildman–Crippen LogP) is 1.49. The average molecular weight is 329 g/mol. The van der Waals surface area contributed by atoms with Gasteiger partial charge in [-0.05, 0) is 25.5 Å². The van der Waals surface area contributed by atoms with Crippen LogP contribution < -0.4 is 10.5 Å². The number of hydrogen-bond donors (Lipinski definition) is 2. The Morgan fingerprint density at radius 3 is 2.50 bits per heavy atom. The number of hydrogen-bond acceptors (Lipinski definition) is 4. The molecule has 1 aliphatic heterocycles. The van der Waals surface area contributed by atoms with Gasteiger partial charge < -0.3 is 20.5 Å². The topological polar surface area (TPSA) is 75.8 Å². The highest BCUT2D eigenvalue weighted by Gasteiger charge is 2.29. The van der Waals surface area contributed by atoms with E-state index in [0.717, 1.165) is 24.2 Å². The van der Waals surface area contributed by atoms with Gasteiger partial charge in [0.25, 0.3) is 0 Å². The molecule has 0 radical (unpaired) electrons. The first-order chi connectivity index (χ1) is 9.99. The van der Waals surface area contributed by atoms with E-state index in [1.54, 1.807) is 4.90 Å². The maximum Gasteiger partial charge on any atom is 0.242 e. The quantitative estimate of drug-likeness (QED) is 0.878. The second-order valence-corrected chi connectivity index (χ2v) is 5.67. The highest BCUT2D eigenvalue weighted by molar-refractivity contribution is 5.85. The molecule has 6 heteroatoms. The first-order valence-electron chi connectivity index (χ1n) is 7.43. The molecule has 0 saturated carbocycles. The van der Waals surface area contributed by atoms with Crippen LogP contribution in [0.3, 0.4) is 0 Å². The molecule has 1 heterocycles. The molecule has 0 bridgehead atoms. The Balaban J connectivity index is 0.00000242. The number of ether oxygens (including phenoxy) is 1. The number of carbonyl (C=O) groups is 1. The molecule has 1 aromatic carbocycles. The van der Waals surface area contributed by atoms with Gasteiger partial charge in [0.1, 0.15) is 17.9 Å². The van der Waals surface area contributed by atoms with E-state index >= 15 is 0 Å². The van der Waals surface area contributed by atoms with Crippen molar-refractivity contribution in [1.82, 2.24) is 4.90 Å². The van der Waals surface area contributed by atoms with Crippen molar-refractivity contribution < 1.29 is 14.6 Å². The van der Waals surface area contributed by atoms with Crippen molar-refractivity contribution in [3.8, 4) is 5.75 Å². The molecular weight excluding hydrogens is 304 g/mol. The van der Waals surface area contributed by atoms with Crippen LogP contribution in [-0.2, 0) is 4.79 Å². The summed E-state index contributed by atoms with van der Waals surface area (Å²) >= 11 is 0. The zero-order chi connectivity index (χ0) is 15.4. The number of para-hydroxylation sites is 1. The van der Waals surface area contributed by atoms with E-state index in [2.05, 4.69) is 0 Å². The zero-order valence-corrected chi connectivity index (χ0v) is 13.9. The Labute approximate surface area is 137 Å². The monoisotopic (exact) mass is 328 g/mol. The molecule has 1 aromatic rings. The molecule has 2 rings (SSSR count). The zero-order valence-electron chi connectivity index (χ0n) is 13.1. The Bertz CT molecular complexity index is 488. The fourth-order valence-corrected chi connectivity index (χ4v) is 2.48. The number of rotatable bonds is 4. The lowest BCUT2D eigenvalue weighted by Crippen LogP contribution is -2.52. The molecule has 5 nitrogen and oxygen atoms in total. The highest BCUT2D eigenvalue weighted by atomic mass is 35.5. The maximum atomic E-state index is 12.1. The molecule has 1 amide bonds. The third-order valence-corrected chi connectivity index (χ3v) is 3.95. The summed E-state index contributed by atoms with van der Waals surface area (Å²) in [4.78, 5) is 13.8. The van der Waals surface area contributed by atoms with Gasteiger partial charge in [0.05, 0.1) is 6.10 Å². The van der Waals surface area contributed by atoms with Crippen molar-refractivity contribution in [2.24, 2.45) is 5.73 Å². The number of benzene rings is 1. The van der Waals surface area contributed by atoms with Crippen molar-refractivity contribution in [3.05, 3.63) is 29.8 Å². The van der Waals surface area contributed by atoms with Gasteiger partial charge in [-0.3, -0.25) is 4.79 Å². The van der Waals surface area contributed by atoms with E-state index in [9.17, 15) is 9.90 Å². The third-order valence-electron chi connectivity index (χ3n) is 3.95. The van der Waals surface area contributed by atoms with Gasteiger partial charge in [0.15, 0.2) is 0 Å². The van der Waals surface area contributed by atoms with Crippen molar-refractivity contribution in [1.29, 1.82) is 0 Å². The Hall–Kier alpha value is -1.30. The number of piperidine rings is 1. The molecule has 1 aliphatic rings. The first kappa shape index (κ1) is 18.7. The summed E-state index contributed by atoms with van der Waals surface area (Å²) in [5.74, 6) is 0.724. The van der Waals surface area contributed by atoms with Crippen LogP contribution in [0.25, 0.3) is 0 Å². The van der Waals surface area contributed by atoms with Crippen LogP contribution in [0.4, 0.5) is 0 Å². The predicted molar refractivity (Wildman–Crippen MR) is 88.3 cm³/mol. The number of likely N-dealkylation sites (tertiary alicyclic amines) is 1. The minimum atomic E-state index is -0.834. The number of aryl methyl sites for hydroxylation is 1. The second kappa shape index (κ2) is 8.36. The summed E-state index contributed by atoms with van der Waals surface area (Å²) in [6.45, 7) is 4.80. The Morgan fingerprint density at radius 2 is 1.95 bits per heavy atom. The number of carbonyl (C=O) groups excluding carboxylic acids is 1. The molecule has 0 spiro atoms. The van der Waals surface area contributed by atoms with Crippen molar-refractivity contribution in [2.45, 2.75) is 44.9 Å². The lowest BCUT2D eigenvalue weighted by Gasteiger charge is -2.34. The Morgan fingerprint density at radius 1 is 1.36 bits per heavy atom. The molecule has 1 saturated heterocycles. The SMILES string of the molecule is Cc1ccccc1OC1CCN(C(=O)[C@@H](N)[C@@H](C)O)CC1.Cl. The number of aliphatic hydroxyl groups is 1. The minimum absolute atomic E-state index is 0. The van der Waals surface area contributed by atoms with E-state index in [0.29, 0.717) is 13.1 Å². The molecule has 0 unspecified atom stereocenters. The van der Waals surface area contributed by atoms with E-state index < -0.39 is 12.1 Å². The summed E-state index contributed by atoms with van der Waals surface area (Å²) in [6.07, 6.45) is 0.871. The second-order valence-electron chi connectivity index (χ2n) is 5.67. The number of nitrogens with two attached hydrogens (primary N) is 1. The fraction of sp³-hybridized carbons (Fsp3) is 0.562. The number of nitrogens with zero attached hydrogens (tertiary/aromatic N) is 1. The summed E-state index contributed by atoms with van der Waals surface area (Å²) < 4.78 is 6.00. The van der Waals surface area contributed by atoms with E-state index in [-0.39, 0.29) is 24.4 Å². The number of amides is 1. The fourth-order valence-electron chi connectivity index (χ4n) is 2.48. The molecule has 0 aliphatic carbocycles. The van der Waals surface area contributed by atoms with Gasteiger partial charge in [-0.2, -0.15) is 0 Å². The maximum absolute atomic E-state index is 12.1. The van der Waals surface area contributed by atoms with Crippen molar-refractivity contribution in [3.63, 3.8) is 0 Å². The lowest BCUT2D eigenvalue weighted by molar-refractivity contribution is -0.136. The number of halogens is 1. The molecular formula is C16H25ClN2O3. The molecule has 0 aromatic heterocycles. The van der Waals surface area contributed by atoms with Crippen LogP contribution in [0.15, 0.2) is 24.3 Å². The van der Waals surface area contributed by atoms with E-state index in [4.69, 9.17) is 10.5 Å². The molecule has 1 fully saturated rings. The third kappa shape index (κ3) is 4.60. The van der Waals surface area contributed by atoms with Gasteiger partial charge in [-0.1, -0.05) is 18.2 Å². The van der Waals surface area contributed by atoms with E-state index in [1.807, 2.05) is 31.2 Å². The van der Waals surface area contributed by atoms with Crippen LogP contribution >= 0.6 is 12.4 Å². The summed E-state index contributed by atoms with van der Waals surface area (Å²) in [6, 6.07) is 7.11. The van der Waals surface area contributed by atoms with Crippen molar-refractivity contribution in [2.75, 3.05) is 13.1 Å². The summed E-state index contributed by atoms with van der Waals surface area (Å²) in [5.41, 5.74) is 6.81.